The van der Waals surface area contributed by atoms with E-state index >= 15 is 0 Å². The third-order valence-electron chi connectivity index (χ3n) is 3.50. The van der Waals surface area contributed by atoms with E-state index in [4.69, 9.17) is 0 Å². The zero-order valence-electron chi connectivity index (χ0n) is 11.7. The average molecular weight is 270 g/mol. The highest BCUT2D eigenvalue weighted by Gasteiger charge is 2.16. The van der Waals surface area contributed by atoms with Crippen LogP contribution in [0.25, 0.3) is 11.0 Å². The predicted molar refractivity (Wildman–Crippen MR) is 77.3 cm³/mol. The summed E-state index contributed by atoms with van der Waals surface area (Å²) in [6.07, 6.45) is 1.68. The van der Waals surface area contributed by atoms with Crippen molar-refractivity contribution < 1.29 is 5.11 Å². The van der Waals surface area contributed by atoms with Gasteiger partial charge in [0.15, 0.2) is 0 Å². The summed E-state index contributed by atoms with van der Waals surface area (Å²) in [6.45, 7) is 2.93. The van der Waals surface area contributed by atoms with Crippen molar-refractivity contribution in [3.05, 3.63) is 48.0 Å². The van der Waals surface area contributed by atoms with Crippen LogP contribution >= 0.6 is 0 Å². The van der Waals surface area contributed by atoms with E-state index in [-0.39, 0.29) is 0 Å². The summed E-state index contributed by atoms with van der Waals surface area (Å²) < 4.78 is 3.84. The number of hydrogen-bond acceptors (Lipinski definition) is 3. The third-order valence-corrected chi connectivity index (χ3v) is 3.50. The average Bonchev–Trinajstić information content (AvgIpc) is 3.01. The standard InChI is InChI=1S/C15H18N4O/c1-3-19-13-7-5-4-6-11(13)16-15(19)10-14(20)12-8-9-18(2)17-12/h4-9,14,20H,3,10H2,1-2H3. The van der Waals surface area contributed by atoms with E-state index in [1.54, 1.807) is 4.68 Å². The lowest BCUT2D eigenvalue weighted by Gasteiger charge is -2.09. The van der Waals surface area contributed by atoms with Crippen molar-refractivity contribution in [1.29, 1.82) is 0 Å². The first kappa shape index (κ1) is 12.9. The van der Waals surface area contributed by atoms with Gasteiger partial charge in [0.05, 0.1) is 16.7 Å². The molecule has 1 atom stereocenters. The van der Waals surface area contributed by atoms with Crippen molar-refractivity contribution in [2.75, 3.05) is 0 Å². The lowest BCUT2D eigenvalue weighted by Crippen LogP contribution is -2.09. The zero-order chi connectivity index (χ0) is 14.1. The van der Waals surface area contributed by atoms with Gasteiger partial charge in [-0.1, -0.05) is 12.1 Å². The number of aliphatic hydroxyl groups is 1. The van der Waals surface area contributed by atoms with Gasteiger partial charge < -0.3 is 9.67 Å². The Labute approximate surface area is 117 Å². The van der Waals surface area contributed by atoms with Crippen LogP contribution in [0.3, 0.4) is 0 Å². The van der Waals surface area contributed by atoms with Gasteiger partial charge in [0, 0.05) is 26.2 Å². The summed E-state index contributed by atoms with van der Waals surface area (Å²) in [5.74, 6) is 0.895. The molecule has 1 unspecified atom stereocenters. The van der Waals surface area contributed by atoms with Crippen LogP contribution in [0.2, 0.25) is 0 Å². The van der Waals surface area contributed by atoms with Crippen molar-refractivity contribution in [3.63, 3.8) is 0 Å². The summed E-state index contributed by atoms with van der Waals surface area (Å²) in [6, 6.07) is 9.88. The molecule has 5 heteroatoms. The molecular formula is C15H18N4O. The molecule has 0 aliphatic heterocycles. The first-order valence-corrected chi connectivity index (χ1v) is 6.80. The molecule has 20 heavy (non-hydrogen) atoms. The fourth-order valence-electron chi connectivity index (χ4n) is 2.52. The van der Waals surface area contributed by atoms with E-state index in [9.17, 15) is 5.11 Å². The number of hydrogen-bond donors (Lipinski definition) is 1. The Kier molecular flexibility index (Phi) is 3.28. The fraction of sp³-hybridized carbons (Fsp3) is 0.333. The molecule has 0 aliphatic rings. The molecule has 0 spiro atoms. The largest absolute Gasteiger partial charge is 0.386 e. The molecule has 2 heterocycles. The second-order valence-electron chi connectivity index (χ2n) is 4.90. The van der Waals surface area contributed by atoms with Gasteiger partial charge in [-0.15, -0.1) is 0 Å². The highest BCUT2D eigenvalue weighted by molar-refractivity contribution is 5.75. The van der Waals surface area contributed by atoms with Gasteiger partial charge in [-0.3, -0.25) is 4.68 Å². The van der Waals surface area contributed by atoms with Crippen LogP contribution in [0.1, 0.15) is 24.5 Å². The number of benzene rings is 1. The van der Waals surface area contributed by atoms with E-state index in [0.29, 0.717) is 12.1 Å². The second-order valence-corrected chi connectivity index (χ2v) is 4.90. The maximum absolute atomic E-state index is 10.3. The molecule has 2 aromatic heterocycles. The lowest BCUT2D eigenvalue weighted by molar-refractivity contribution is 0.169. The Morgan fingerprint density at radius 2 is 2.05 bits per heavy atom. The molecular weight excluding hydrogens is 252 g/mol. The molecule has 104 valence electrons. The number of imidazole rings is 1. The Hall–Kier alpha value is -2.14. The van der Waals surface area contributed by atoms with E-state index in [1.807, 2.05) is 37.5 Å². The monoisotopic (exact) mass is 270 g/mol. The predicted octanol–water partition coefficient (Wildman–Crippen LogP) is 2.07. The van der Waals surface area contributed by atoms with E-state index in [0.717, 1.165) is 23.4 Å². The van der Waals surface area contributed by atoms with Gasteiger partial charge in [-0.05, 0) is 25.1 Å². The maximum Gasteiger partial charge on any atom is 0.112 e. The Morgan fingerprint density at radius 1 is 1.25 bits per heavy atom. The summed E-state index contributed by atoms with van der Waals surface area (Å²) in [5, 5.41) is 14.5. The minimum absolute atomic E-state index is 0.472. The SMILES string of the molecule is CCn1c(CC(O)c2ccn(C)n2)nc2ccccc21. The lowest BCUT2D eigenvalue weighted by atomic mass is 10.2. The zero-order valence-corrected chi connectivity index (χ0v) is 11.7. The highest BCUT2D eigenvalue weighted by atomic mass is 16.3. The van der Waals surface area contributed by atoms with Crippen molar-refractivity contribution in [2.24, 2.45) is 7.05 Å². The Bertz CT molecular complexity index is 728. The molecule has 3 rings (SSSR count). The normalized spacial score (nSPS) is 12.9. The molecule has 1 N–H and O–H groups in total. The van der Waals surface area contributed by atoms with Gasteiger partial charge in [-0.2, -0.15) is 5.10 Å². The van der Waals surface area contributed by atoms with Crippen LogP contribution in [-0.4, -0.2) is 24.4 Å². The molecule has 0 fully saturated rings. The van der Waals surface area contributed by atoms with Crippen molar-refractivity contribution in [3.8, 4) is 0 Å². The van der Waals surface area contributed by atoms with Gasteiger partial charge in [0.25, 0.3) is 0 Å². The van der Waals surface area contributed by atoms with Crippen LogP contribution < -0.4 is 0 Å². The number of fused-ring (bicyclic) bond motifs is 1. The van der Waals surface area contributed by atoms with Gasteiger partial charge in [-0.25, -0.2) is 4.98 Å². The summed E-state index contributed by atoms with van der Waals surface area (Å²) in [7, 11) is 1.84. The summed E-state index contributed by atoms with van der Waals surface area (Å²) in [4.78, 5) is 4.62. The van der Waals surface area contributed by atoms with E-state index in [1.165, 1.54) is 0 Å². The topological polar surface area (TPSA) is 55.9 Å². The van der Waals surface area contributed by atoms with Crippen molar-refractivity contribution in [2.45, 2.75) is 26.0 Å². The number of para-hydroxylation sites is 2. The maximum atomic E-state index is 10.3. The van der Waals surface area contributed by atoms with E-state index in [2.05, 4.69) is 27.6 Å². The van der Waals surface area contributed by atoms with Crippen LogP contribution in [0.4, 0.5) is 0 Å². The van der Waals surface area contributed by atoms with Gasteiger partial charge >= 0.3 is 0 Å². The molecule has 5 nitrogen and oxygen atoms in total. The number of rotatable bonds is 4. The molecule has 3 aromatic rings. The molecule has 1 aromatic carbocycles. The molecule has 0 aliphatic carbocycles. The molecule has 0 bridgehead atoms. The van der Waals surface area contributed by atoms with Crippen LogP contribution in [0.15, 0.2) is 36.5 Å². The second kappa shape index (κ2) is 5.09. The number of nitrogens with zero attached hydrogens (tertiary/aromatic N) is 4. The van der Waals surface area contributed by atoms with Crippen molar-refractivity contribution >= 4 is 11.0 Å². The molecule has 0 amide bonds. The number of aryl methyl sites for hydroxylation is 2. The highest BCUT2D eigenvalue weighted by Crippen LogP contribution is 2.21. The fourth-order valence-corrected chi connectivity index (χ4v) is 2.52. The Morgan fingerprint density at radius 3 is 2.75 bits per heavy atom. The number of aromatic nitrogens is 4. The molecule has 0 radical (unpaired) electrons. The van der Waals surface area contributed by atoms with Crippen LogP contribution in [0, 0.1) is 0 Å². The Balaban J connectivity index is 1.94. The quantitative estimate of drug-likeness (QED) is 0.789. The van der Waals surface area contributed by atoms with Crippen LogP contribution in [-0.2, 0) is 20.0 Å². The van der Waals surface area contributed by atoms with Gasteiger partial charge in [0.1, 0.15) is 11.9 Å². The number of aliphatic hydroxyl groups excluding tert-OH is 1. The van der Waals surface area contributed by atoms with Crippen LogP contribution in [0.5, 0.6) is 0 Å². The summed E-state index contributed by atoms with van der Waals surface area (Å²) in [5.41, 5.74) is 2.76. The molecule has 0 saturated heterocycles. The minimum Gasteiger partial charge on any atom is -0.386 e. The summed E-state index contributed by atoms with van der Waals surface area (Å²) >= 11 is 0. The third kappa shape index (κ3) is 2.20. The minimum atomic E-state index is -0.627. The molecule has 0 saturated carbocycles. The first-order valence-electron chi connectivity index (χ1n) is 6.80. The first-order chi connectivity index (χ1) is 9.69. The van der Waals surface area contributed by atoms with Crippen molar-refractivity contribution in [1.82, 2.24) is 19.3 Å². The van der Waals surface area contributed by atoms with E-state index < -0.39 is 6.10 Å². The smallest absolute Gasteiger partial charge is 0.112 e. The van der Waals surface area contributed by atoms with Gasteiger partial charge in [0.2, 0.25) is 0 Å².